The predicted molar refractivity (Wildman–Crippen MR) is 124 cm³/mol. The number of carbonyl (C=O) groups is 2. The summed E-state index contributed by atoms with van der Waals surface area (Å²) in [5.74, 6) is -0.558. The van der Waals surface area contributed by atoms with Gasteiger partial charge in [-0.05, 0) is 40.8 Å². The third-order valence-corrected chi connectivity index (χ3v) is 6.29. The lowest BCUT2D eigenvalue weighted by atomic mass is 9.93. The maximum atomic E-state index is 13.0. The number of rotatable bonds is 6. The van der Waals surface area contributed by atoms with Crippen LogP contribution < -0.4 is 11.1 Å². The normalized spacial score (nSPS) is 18.8. The van der Waals surface area contributed by atoms with Gasteiger partial charge in [-0.1, -0.05) is 72.3 Å². The third-order valence-electron chi connectivity index (χ3n) is 5.92. The number of piperazine rings is 1. The zero-order valence-electron chi connectivity index (χ0n) is 17.3. The van der Waals surface area contributed by atoms with Gasteiger partial charge in [0.2, 0.25) is 11.8 Å². The maximum Gasteiger partial charge on any atom is 0.241 e. The molecule has 3 aromatic carbocycles. The van der Waals surface area contributed by atoms with Crippen molar-refractivity contribution in [2.45, 2.75) is 31.3 Å². The Labute approximate surface area is 187 Å². The van der Waals surface area contributed by atoms with E-state index in [2.05, 4.69) is 35.6 Å². The van der Waals surface area contributed by atoms with Crippen LogP contribution in [0.5, 0.6) is 0 Å². The minimum absolute atomic E-state index is 0.0752. The monoisotopic (exact) mass is 435 g/mol. The number of amides is 2. The highest BCUT2D eigenvalue weighted by Gasteiger charge is 2.37. The molecule has 1 aliphatic rings. The number of aryl methyl sites for hydroxylation is 1. The molecule has 3 N–H and O–H groups in total. The van der Waals surface area contributed by atoms with Gasteiger partial charge in [0, 0.05) is 30.6 Å². The molecule has 0 bridgehead atoms. The number of primary amides is 1. The number of hydrogen-bond acceptors (Lipinski definition) is 3. The average Bonchev–Trinajstić information content (AvgIpc) is 2.78. The number of benzene rings is 3. The fourth-order valence-electron chi connectivity index (χ4n) is 4.36. The topological polar surface area (TPSA) is 75.4 Å². The summed E-state index contributed by atoms with van der Waals surface area (Å²) in [4.78, 5) is 27.0. The van der Waals surface area contributed by atoms with Crippen LogP contribution in [0.25, 0.3) is 10.8 Å². The second-order valence-electron chi connectivity index (χ2n) is 7.97. The molecule has 0 radical (unpaired) electrons. The van der Waals surface area contributed by atoms with E-state index in [1.54, 1.807) is 4.90 Å². The Morgan fingerprint density at radius 2 is 1.77 bits per heavy atom. The Hall–Kier alpha value is -2.89. The highest BCUT2D eigenvalue weighted by atomic mass is 35.5. The van der Waals surface area contributed by atoms with Crippen molar-refractivity contribution in [1.29, 1.82) is 0 Å². The Morgan fingerprint density at radius 3 is 2.55 bits per heavy atom. The molecule has 1 heterocycles. The van der Waals surface area contributed by atoms with Crippen molar-refractivity contribution in [3.05, 3.63) is 82.9 Å². The van der Waals surface area contributed by atoms with Crippen molar-refractivity contribution in [3.8, 4) is 0 Å². The molecule has 0 unspecified atom stereocenters. The molecule has 2 atom stereocenters. The van der Waals surface area contributed by atoms with Crippen LogP contribution in [0.4, 0.5) is 0 Å². The second-order valence-corrected chi connectivity index (χ2v) is 8.38. The predicted octanol–water partition coefficient (Wildman–Crippen LogP) is 3.32. The molecule has 2 amide bonds. The van der Waals surface area contributed by atoms with E-state index in [1.807, 2.05) is 36.4 Å². The molecule has 6 heteroatoms. The van der Waals surface area contributed by atoms with Gasteiger partial charge in [0.1, 0.15) is 6.04 Å². The molecule has 1 saturated heterocycles. The summed E-state index contributed by atoms with van der Waals surface area (Å²) in [5.41, 5.74) is 7.80. The van der Waals surface area contributed by atoms with Gasteiger partial charge >= 0.3 is 0 Å². The lowest BCUT2D eigenvalue weighted by molar-refractivity contribution is -0.142. The molecule has 0 aliphatic carbocycles. The van der Waals surface area contributed by atoms with Crippen molar-refractivity contribution in [3.63, 3.8) is 0 Å². The molecule has 5 nitrogen and oxygen atoms in total. The minimum Gasteiger partial charge on any atom is -0.368 e. The van der Waals surface area contributed by atoms with Gasteiger partial charge in [-0.25, -0.2) is 0 Å². The molecule has 0 aromatic heterocycles. The van der Waals surface area contributed by atoms with Gasteiger partial charge in [-0.2, -0.15) is 0 Å². The number of nitrogens with one attached hydrogen (secondary N) is 1. The Kier molecular flexibility index (Phi) is 6.54. The van der Waals surface area contributed by atoms with Crippen LogP contribution in [0.15, 0.2) is 66.7 Å². The van der Waals surface area contributed by atoms with Gasteiger partial charge in [0.25, 0.3) is 0 Å². The number of nitrogens with two attached hydrogens (primary N) is 1. The number of carbonyl (C=O) groups excluding carboxylic acids is 2. The van der Waals surface area contributed by atoms with Crippen molar-refractivity contribution in [2.75, 3.05) is 13.1 Å². The average molecular weight is 436 g/mol. The summed E-state index contributed by atoms with van der Waals surface area (Å²) in [6, 6.07) is 21.1. The zero-order chi connectivity index (χ0) is 21.8. The summed E-state index contributed by atoms with van der Waals surface area (Å²) in [7, 11) is 0. The Morgan fingerprint density at radius 1 is 1.03 bits per heavy atom. The van der Waals surface area contributed by atoms with E-state index in [-0.39, 0.29) is 18.4 Å². The van der Waals surface area contributed by atoms with Crippen molar-refractivity contribution in [1.82, 2.24) is 10.2 Å². The summed E-state index contributed by atoms with van der Waals surface area (Å²) in [6.07, 6.45) is 1.44. The van der Waals surface area contributed by atoms with Gasteiger partial charge in [-0.3, -0.25) is 9.59 Å². The fraction of sp³-hybridized carbons (Fsp3) is 0.280. The van der Waals surface area contributed by atoms with Crippen LogP contribution in [-0.4, -0.2) is 41.9 Å². The first-order chi connectivity index (χ1) is 15.0. The van der Waals surface area contributed by atoms with E-state index in [0.29, 0.717) is 31.0 Å². The molecular formula is C25H26ClN3O2. The SMILES string of the molecule is NC(=O)[C@H]1[C@@H](Cc2ccc3ccccc3c2)NCCN1C(=O)CCc1ccccc1Cl. The largest absolute Gasteiger partial charge is 0.368 e. The van der Waals surface area contributed by atoms with E-state index in [0.717, 1.165) is 16.5 Å². The lowest BCUT2D eigenvalue weighted by Gasteiger charge is -2.40. The summed E-state index contributed by atoms with van der Waals surface area (Å²) >= 11 is 6.22. The van der Waals surface area contributed by atoms with Crippen LogP contribution >= 0.6 is 11.6 Å². The van der Waals surface area contributed by atoms with E-state index in [9.17, 15) is 9.59 Å². The molecular weight excluding hydrogens is 410 g/mol. The number of nitrogens with zero attached hydrogens (tertiary/aromatic N) is 1. The van der Waals surface area contributed by atoms with Crippen molar-refractivity contribution >= 4 is 34.2 Å². The van der Waals surface area contributed by atoms with Crippen LogP contribution in [-0.2, 0) is 22.4 Å². The molecule has 3 aromatic rings. The van der Waals surface area contributed by atoms with Crippen LogP contribution in [0, 0.1) is 0 Å². The Balaban J connectivity index is 1.49. The standard InChI is InChI=1S/C25H26ClN3O2/c26-21-8-4-3-6-19(21)11-12-23(30)29-14-13-28-22(24(29)25(27)31)16-17-9-10-18-5-1-2-7-20(18)15-17/h1-10,15,22,24,28H,11-14,16H2,(H2,27,31)/t22-,24-/m1/s1. The molecule has 0 saturated carbocycles. The zero-order valence-corrected chi connectivity index (χ0v) is 18.0. The third kappa shape index (κ3) is 4.89. The van der Waals surface area contributed by atoms with Gasteiger partial charge in [-0.15, -0.1) is 0 Å². The highest BCUT2D eigenvalue weighted by molar-refractivity contribution is 6.31. The van der Waals surface area contributed by atoms with Crippen LogP contribution in [0.1, 0.15) is 17.5 Å². The Bertz CT molecular complexity index is 1100. The van der Waals surface area contributed by atoms with E-state index in [4.69, 9.17) is 17.3 Å². The number of fused-ring (bicyclic) bond motifs is 1. The van der Waals surface area contributed by atoms with Crippen LogP contribution in [0.2, 0.25) is 5.02 Å². The lowest BCUT2D eigenvalue weighted by Crippen LogP contribution is -2.64. The van der Waals surface area contributed by atoms with Crippen LogP contribution in [0.3, 0.4) is 0 Å². The number of hydrogen-bond donors (Lipinski definition) is 2. The smallest absolute Gasteiger partial charge is 0.241 e. The number of halogens is 1. The minimum atomic E-state index is -0.682. The molecule has 1 fully saturated rings. The van der Waals surface area contributed by atoms with Gasteiger partial charge < -0.3 is 16.0 Å². The first-order valence-electron chi connectivity index (χ1n) is 10.6. The van der Waals surface area contributed by atoms with E-state index >= 15 is 0 Å². The van der Waals surface area contributed by atoms with Gasteiger partial charge in [0.05, 0.1) is 0 Å². The first-order valence-corrected chi connectivity index (χ1v) is 10.9. The molecule has 1 aliphatic heterocycles. The quantitative estimate of drug-likeness (QED) is 0.623. The van der Waals surface area contributed by atoms with E-state index in [1.165, 1.54) is 5.39 Å². The van der Waals surface area contributed by atoms with Gasteiger partial charge in [0.15, 0.2) is 0 Å². The summed E-state index contributed by atoms with van der Waals surface area (Å²) in [6.45, 7) is 1.09. The molecule has 31 heavy (non-hydrogen) atoms. The maximum absolute atomic E-state index is 13.0. The second kappa shape index (κ2) is 9.50. The first kappa shape index (κ1) is 21.3. The molecule has 0 spiro atoms. The fourth-order valence-corrected chi connectivity index (χ4v) is 4.59. The molecule has 4 rings (SSSR count). The summed E-state index contributed by atoms with van der Waals surface area (Å²) < 4.78 is 0. The molecule has 160 valence electrons. The van der Waals surface area contributed by atoms with Crippen molar-refractivity contribution in [2.24, 2.45) is 5.73 Å². The highest BCUT2D eigenvalue weighted by Crippen LogP contribution is 2.21. The van der Waals surface area contributed by atoms with E-state index < -0.39 is 11.9 Å². The summed E-state index contributed by atoms with van der Waals surface area (Å²) in [5, 5.41) is 6.37. The van der Waals surface area contributed by atoms with Crippen molar-refractivity contribution < 1.29 is 9.59 Å².